The summed E-state index contributed by atoms with van der Waals surface area (Å²) >= 11 is 3.33. The molecule has 1 saturated heterocycles. The number of halogens is 4. The van der Waals surface area contributed by atoms with Crippen LogP contribution in [0.15, 0.2) is 28.7 Å². The lowest BCUT2D eigenvalue weighted by Crippen LogP contribution is -2.56. The third-order valence-corrected chi connectivity index (χ3v) is 4.56. The summed E-state index contributed by atoms with van der Waals surface area (Å²) in [5.74, 6) is -0.364. The van der Waals surface area contributed by atoms with E-state index in [-0.39, 0.29) is 18.7 Å². The van der Waals surface area contributed by atoms with Crippen LogP contribution in [0.1, 0.15) is 38.7 Å². The topological polar surface area (TPSA) is 32.3 Å². The minimum Gasteiger partial charge on any atom is -0.288 e. The maximum atomic E-state index is 13.4. The minimum atomic E-state index is -4.38. The molecule has 23 heavy (non-hydrogen) atoms. The first-order valence-corrected chi connectivity index (χ1v) is 8.29. The van der Waals surface area contributed by atoms with Crippen LogP contribution >= 0.6 is 15.9 Å². The number of carbonyl (C=O) groups excluding carboxylic acids is 1. The van der Waals surface area contributed by atoms with E-state index in [0.717, 1.165) is 15.0 Å². The summed E-state index contributed by atoms with van der Waals surface area (Å²) in [4.78, 5) is 11.5. The molecule has 3 nitrogen and oxygen atoms in total. The first-order valence-electron chi connectivity index (χ1n) is 7.49. The molecule has 0 aromatic heterocycles. The summed E-state index contributed by atoms with van der Waals surface area (Å²) in [6.45, 7) is 3.30. The molecule has 0 saturated carbocycles. The van der Waals surface area contributed by atoms with Crippen molar-refractivity contribution in [3.8, 4) is 0 Å². The molecule has 1 atom stereocenters. The molecular formula is C16H20BrF3N2O. The molecule has 1 N–H and O–H groups in total. The second-order valence-corrected chi connectivity index (χ2v) is 7.39. The van der Waals surface area contributed by atoms with E-state index in [2.05, 4.69) is 21.4 Å². The predicted molar refractivity (Wildman–Crippen MR) is 85.6 cm³/mol. The third kappa shape index (κ3) is 4.70. The number of aryl methyl sites for hydroxylation is 1. The lowest BCUT2D eigenvalue weighted by atomic mass is 9.97. The number of carbonyl (C=O) groups is 1. The van der Waals surface area contributed by atoms with Crippen LogP contribution in [0.5, 0.6) is 0 Å². The highest BCUT2D eigenvalue weighted by molar-refractivity contribution is 9.10. The van der Waals surface area contributed by atoms with Crippen molar-refractivity contribution in [2.75, 3.05) is 0 Å². The van der Waals surface area contributed by atoms with E-state index in [1.165, 1.54) is 0 Å². The van der Waals surface area contributed by atoms with Crippen molar-refractivity contribution in [1.82, 2.24) is 10.4 Å². The van der Waals surface area contributed by atoms with Crippen LogP contribution in [-0.2, 0) is 11.2 Å². The number of hydrazine groups is 1. The Morgan fingerprint density at radius 2 is 1.91 bits per heavy atom. The van der Waals surface area contributed by atoms with E-state index in [0.29, 0.717) is 12.8 Å². The maximum absolute atomic E-state index is 13.4. The summed E-state index contributed by atoms with van der Waals surface area (Å²) in [6, 6.07) is 5.88. The second kappa shape index (κ2) is 6.81. The first-order chi connectivity index (χ1) is 10.6. The average Bonchev–Trinajstić information content (AvgIpc) is 2.68. The lowest BCUT2D eigenvalue weighted by molar-refractivity contribution is -0.202. The molecule has 0 radical (unpaired) electrons. The van der Waals surface area contributed by atoms with Crippen molar-refractivity contribution in [2.24, 2.45) is 0 Å². The summed E-state index contributed by atoms with van der Waals surface area (Å²) < 4.78 is 41.2. The monoisotopic (exact) mass is 392 g/mol. The van der Waals surface area contributed by atoms with Gasteiger partial charge in [-0.1, -0.05) is 28.1 Å². The largest absolute Gasteiger partial charge is 0.405 e. The summed E-state index contributed by atoms with van der Waals surface area (Å²) in [5, 5.41) is 1.08. The Morgan fingerprint density at radius 3 is 2.39 bits per heavy atom. The molecule has 1 aromatic carbocycles. The van der Waals surface area contributed by atoms with E-state index in [4.69, 9.17) is 0 Å². The van der Waals surface area contributed by atoms with Gasteiger partial charge in [-0.2, -0.15) is 13.2 Å². The second-order valence-electron chi connectivity index (χ2n) is 6.47. The number of benzene rings is 1. The molecule has 1 heterocycles. The maximum Gasteiger partial charge on any atom is 0.405 e. The number of hydrogen-bond donors (Lipinski definition) is 1. The highest BCUT2D eigenvalue weighted by Gasteiger charge is 2.51. The van der Waals surface area contributed by atoms with E-state index < -0.39 is 17.8 Å². The third-order valence-electron chi connectivity index (χ3n) is 4.04. The molecule has 1 aliphatic rings. The van der Waals surface area contributed by atoms with Gasteiger partial charge >= 0.3 is 6.18 Å². The number of amides is 1. The highest BCUT2D eigenvalue weighted by atomic mass is 79.9. The van der Waals surface area contributed by atoms with Crippen LogP contribution in [-0.4, -0.2) is 28.7 Å². The van der Waals surface area contributed by atoms with Crippen LogP contribution in [0.2, 0.25) is 0 Å². The summed E-state index contributed by atoms with van der Waals surface area (Å²) in [6.07, 6.45) is -3.39. The molecule has 0 bridgehead atoms. The Hall–Kier alpha value is -1.08. The standard InChI is InChI=1S/C16H20BrF3N2O/c1-15(2)10-14(23)21-22(15)13(16(18,19)20)5-3-4-11-6-8-12(17)9-7-11/h6-9,13H,3-5,10H2,1-2H3,(H,21,23)/t13-/m0/s1. The number of nitrogens with zero attached hydrogens (tertiary/aromatic N) is 1. The van der Waals surface area contributed by atoms with Gasteiger partial charge in [0.15, 0.2) is 0 Å². The molecule has 0 unspecified atom stereocenters. The van der Waals surface area contributed by atoms with E-state index in [1.54, 1.807) is 13.8 Å². The predicted octanol–water partition coefficient (Wildman–Crippen LogP) is 4.22. The Morgan fingerprint density at radius 1 is 1.30 bits per heavy atom. The zero-order valence-corrected chi connectivity index (χ0v) is 14.7. The van der Waals surface area contributed by atoms with E-state index in [1.807, 2.05) is 24.3 Å². The Bertz CT molecular complexity index is 557. The molecule has 2 rings (SSSR count). The van der Waals surface area contributed by atoms with Crippen LogP contribution in [0.3, 0.4) is 0 Å². The van der Waals surface area contributed by atoms with Gasteiger partial charge in [-0.25, -0.2) is 5.01 Å². The number of nitrogens with one attached hydrogen (secondary N) is 1. The van der Waals surface area contributed by atoms with E-state index >= 15 is 0 Å². The molecule has 1 aliphatic heterocycles. The van der Waals surface area contributed by atoms with Gasteiger partial charge < -0.3 is 0 Å². The van der Waals surface area contributed by atoms with Gasteiger partial charge in [0.1, 0.15) is 6.04 Å². The zero-order chi connectivity index (χ0) is 17.3. The molecule has 1 aromatic rings. The molecule has 0 spiro atoms. The number of rotatable bonds is 5. The van der Waals surface area contributed by atoms with Gasteiger partial charge in [-0.3, -0.25) is 10.2 Å². The van der Waals surface area contributed by atoms with Crippen LogP contribution in [0.25, 0.3) is 0 Å². The van der Waals surface area contributed by atoms with E-state index in [9.17, 15) is 18.0 Å². The molecular weight excluding hydrogens is 373 g/mol. The fourth-order valence-electron chi connectivity index (χ4n) is 2.89. The Kier molecular flexibility index (Phi) is 5.41. The fraction of sp³-hybridized carbons (Fsp3) is 0.562. The lowest BCUT2D eigenvalue weighted by Gasteiger charge is -2.37. The quantitative estimate of drug-likeness (QED) is 0.813. The van der Waals surface area contributed by atoms with Crippen LogP contribution < -0.4 is 5.43 Å². The van der Waals surface area contributed by atoms with Crippen molar-refractivity contribution in [3.63, 3.8) is 0 Å². The van der Waals surface area contributed by atoms with Gasteiger partial charge in [0.25, 0.3) is 0 Å². The van der Waals surface area contributed by atoms with Gasteiger partial charge in [0.05, 0.1) is 0 Å². The fourth-order valence-corrected chi connectivity index (χ4v) is 3.16. The van der Waals surface area contributed by atoms with Crippen molar-refractivity contribution in [3.05, 3.63) is 34.3 Å². The summed E-state index contributed by atoms with van der Waals surface area (Å²) in [5.41, 5.74) is 2.54. The Labute approximate surface area is 142 Å². The molecule has 0 aliphatic carbocycles. The van der Waals surface area contributed by atoms with Crippen molar-refractivity contribution < 1.29 is 18.0 Å². The molecule has 1 amide bonds. The molecule has 7 heteroatoms. The highest BCUT2D eigenvalue weighted by Crippen LogP contribution is 2.35. The SMILES string of the molecule is CC1(C)CC(=O)NN1[C@@H](CCCc1ccc(Br)cc1)C(F)(F)F. The van der Waals surface area contributed by atoms with Gasteiger partial charge in [-0.05, 0) is 50.8 Å². The zero-order valence-electron chi connectivity index (χ0n) is 13.1. The Balaban J connectivity index is 2.02. The molecule has 1 fully saturated rings. The van der Waals surface area contributed by atoms with Crippen molar-refractivity contribution in [1.29, 1.82) is 0 Å². The molecule has 128 valence electrons. The average molecular weight is 393 g/mol. The van der Waals surface area contributed by atoms with Gasteiger partial charge in [0, 0.05) is 16.4 Å². The van der Waals surface area contributed by atoms with Gasteiger partial charge in [0.2, 0.25) is 5.91 Å². The van der Waals surface area contributed by atoms with Crippen molar-refractivity contribution >= 4 is 21.8 Å². The smallest absolute Gasteiger partial charge is 0.288 e. The first kappa shape index (κ1) is 18.3. The number of alkyl halides is 3. The van der Waals surface area contributed by atoms with Crippen LogP contribution in [0, 0.1) is 0 Å². The van der Waals surface area contributed by atoms with Gasteiger partial charge in [-0.15, -0.1) is 0 Å². The van der Waals surface area contributed by atoms with Crippen molar-refractivity contribution in [2.45, 2.75) is 57.3 Å². The summed E-state index contributed by atoms with van der Waals surface area (Å²) in [7, 11) is 0. The normalized spacial score (nSPS) is 19.7. The number of hydrogen-bond acceptors (Lipinski definition) is 2. The van der Waals surface area contributed by atoms with Crippen LogP contribution in [0.4, 0.5) is 13.2 Å². The minimum absolute atomic E-state index is 0.0523.